The first-order valence-electron chi connectivity index (χ1n) is 4.99. The van der Waals surface area contributed by atoms with Crippen molar-refractivity contribution in [2.75, 3.05) is 7.05 Å². The van der Waals surface area contributed by atoms with Gasteiger partial charge in [-0.3, -0.25) is 19.3 Å². The van der Waals surface area contributed by atoms with E-state index < -0.39 is 23.4 Å². The zero-order chi connectivity index (χ0) is 13.4. The van der Waals surface area contributed by atoms with Gasteiger partial charge in [0.2, 0.25) is 0 Å². The van der Waals surface area contributed by atoms with E-state index in [9.17, 15) is 19.5 Å². The summed E-state index contributed by atoms with van der Waals surface area (Å²) in [7, 11) is 1.19. The summed E-state index contributed by atoms with van der Waals surface area (Å²) in [5, 5.41) is 10.1. The summed E-state index contributed by atoms with van der Waals surface area (Å²) in [5.74, 6) is -3.69. The molecule has 1 aromatic carbocycles. The van der Waals surface area contributed by atoms with Crippen LogP contribution >= 0.6 is 11.6 Å². The number of aliphatic hydroxyl groups excluding tert-OH is 1. The van der Waals surface area contributed by atoms with Crippen molar-refractivity contribution in [1.82, 2.24) is 4.90 Å². The van der Waals surface area contributed by atoms with Crippen molar-refractivity contribution in [3.05, 3.63) is 40.6 Å². The molecule has 0 saturated heterocycles. The normalized spacial score (nSPS) is 16.6. The van der Waals surface area contributed by atoms with Gasteiger partial charge in [-0.25, -0.2) is 0 Å². The van der Waals surface area contributed by atoms with Crippen molar-refractivity contribution in [2.45, 2.75) is 0 Å². The van der Waals surface area contributed by atoms with Gasteiger partial charge in [0, 0.05) is 12.1 Å². The molecule has 0 atom stereocenters. The van der Waals surface area contributed by atoms with Gasteiger partial charge in [-0.05, 0) is 17.7 Å². The molecule has 6 heteroatoms. The number of hydrogen-bond donors (Lipinski definition) is 1. The second kappa shape index (κ2) is 4.27. The fourth-order valence-electron chi connectivity index (χ4n) is 1.61. The number of nitrogens with zero attached hydrogens (tertiary/aromatic N) is 1. The Morgan fingerprint density at radius 3 is 2.17 bits per heavy atom. The van der Waals surface area contributed by atoms with Gasteiger partial charge in [0.1, 0.15) is 0 Å². The first-order chi connectivity index (χ1) is 8.43. The van der Waals surface area contributed by atoms with Crippen LogP contribution < -0.4 is 0 Å². The second-order valence-electron chi connectivity index (χ2n) is 3.73. The molecule has 92 valence electrons. The number of carbonyl (C=O) groups excluding carboxylic acids is 3. The van der Waals surface area contributed by atoms with Gasteiger partial charge in [0.05, 0.1) is 5.57 Å². The molecular weight excluding hydrogens is 258 g/mol. The number of rotatable bonds is 1. The lowest BCUT2D eigenvalue weighted by molar-refractivity contribution is -0.149. The van der Waals surface area contributed by atoms with Crippen molar-refractivity contribution in [2.24, 2.45) is 0 Å². The van der Waals surface area contributed by atoms with E-state index in [-0.39, 0.29) is 5.57 Å². The van der Waals surface area contributed by atoms with Crippen LogP contribution in [0.15, 0.2) is 30.0 Å². The number of aliphatic hydroxyl groups is 1. The van der Waals surface area contributed by atoms with Gasteiger partial charge in [-0.1, -0.05) is 23.7 Å². The van der Waals surface area contributed by atoms with Crippen molar-refractivity contribution >= 4 is 34.8 Å². The molecule has 18 heavy (non-hydrogen) atoms. The maximum atomic E-state index is 11.9. The molecule has 0 radical (unpaired) electrons. The van der Waals surface area contributed by atoms with E-state index in [0.717, 1.165) is 0 Å². The topological polar surface area (TPSA) is 74.7 Å². The molecule has 5 nitrogen and oxygen atoms in total. The molecule has 0 spiro atoms. The van der Waals surface area contributed by atoms with Crippen LogP contribution in [0.3, 0.4) is 0 Å². The maximum absolute atomic E-state index is 11.9. The molecule has 1 heterocycles. The molecule has 0 unspecified atom stereocenters. The molecule has 0 aliphatic carbocycles. The Morgan fingerprint density at radius 1 is 1.06 bits per heavy atom. The largest absolute Gasteiger partial charge is 0.503 e. The van der Waals surface area contributed by atoms with Gasteiger partial charge in [-0.15, -0.1) is 0 Å². The summed E-state index contributed by atoms with van der Waals surface area (Å²) in [6.07, 6.45) is 0. The van der Waals surface area contributed by atoms with E-state index in [4.69, 9.17) is 11.6 Å². The van der Waals surface area contributed by atoms with Crippen molar-refractivity contribution in [1.29, 1.82) is 0 Å². The van der Waals surface area contributed by atoms with Gasteiger partial charge < -0.3 is 5.11 Å². The van der Waals surface area contributed by atoms with Crippen LogP contribution in [-0.4, -0.2) is 34.7 Å². The Morgan fingerprint density at radius 2 is 1.61 bits per heavy atom. The molecule has 1 aliphatic rings. The number of hydrogen-bond acceptors (Lipinski definition) is 4. The maximum Gasteiger partial charge on any atom is 0.304 e. The molecule has 0 saturated carbocycles. The van der Waals surface area contributed by atoms with Crippen LogP contribution in [0.5, 0.6) is 0 Å². The lowest BCUT2D eigenvalue weighted by Gasteiger charge is -2.22. The number of benzene rings is 1. The van der Waals surface area contributed by atoms with Crippen LogP contribution in [0.1, 0.15) is 5.56 Å². The quantitative estimate of drug-likeness (QED) is 0.611. The van der Waals surface area contributed by atoms with E-state index in [2.05, 4.69) is 0 Å². The van der Waals surface area contributed by atoms with Crippen LogP contribution in [0, 0.1) is 0 Å². The summed E-state index contributed by atoms with van der Waals surface area (Å²) in [6.45, 7) is 0. The smallest absolute Gasteiger partial charge is 0.304 e. The number of likely N-dealkylation sites (N-methyl/N-ethyl adjacent to an activating group) is 1. The minimum Gasteiger partial charge on any atom is -0.503 e. The number of amides is 2. The van der Waals surface area contributed by atoms with Crippen molar-refractivity contribution < 1.29 is 19.5 Å². The fraction of sp³-hybridized carbons (Fsp3) is 0.0833. The minimum atomic E-state index is -1.10. The standard InChI is InChI=1S/C12H8ClNO4/c1-14-11(17)8(9(15)10(16)12(14)18)6-2-4-7(13)5-3-6/h2-5,15H,1H3. The van der Waals surface area contributed by atoms with Crippen LogP contribution in [0.2, 0.25) is 5.02 Å². The predicted molar refractivity (Wildman–Crippen MR) is 63.8 cm³/mol. The van der Waals surface area contributed by atoms with Crippen molar-refractivity contribution in [3.63, 3.8) is 0 Å². The Kier molecular flexibility index (Phi) is 2.92. The SMILES string of the molecule is CN1C(=O)C(=O)C(O)=C(c2ccc(Cl)cc2)C1=O. The van der Waals surface area contributed by atoms with Crippen LogP contribution in [0.25, 0.3) is 5.57 Å². The highest BCUT2D eigenvalue weighted by Gasteiger charge is 2.38. The summed E-state index contributed by atoms with van der Waals surface area (Å²) in [5.41, 5.74) is 0.133. The molecule has 1 aliphatic heterocycles. The highest BCUT2D eigenvalue weighted by molar-refractivity contribution is 6.52. The molecule has 0 bridgehead atoms. The zero-order valence-electron chi connectivity index (χ0n) is 9.31. The number of ketones is 1. The molecule has 0 aromatic heterocycles. The monoisotopic (exact) mass is 265 g/mol. The van der Waals surface area contributed by atoms with Gasteiger partial charge in [0.15, 0.2) is 5.76 Å². The summed E-state index contributed by atoms with van der Waals surface area (Å²) in [4.78, 5) is 35.3. The molecular formula is C12H8ClNO4. The lowest BCUT2D eigenvalue weighted by atomic mass is 9.98. The van der Waals surface area contributed by atoms with Crippen LogP contribution in [-0.2, 0) is 14.4 Å². The number of Topliss-reactive ketones (excluding diaryl/α,β-unsaturated/α-hetero) is 1. The lowest BCUT2D eigenvalue weighted by Crippen LogP contribution is -2.44. The van der Waals surface area contributed by atoms with E-state index in [1.165, 1.54) is 31.3 Å². The Balaban J connectivity index is 2.60. The minimum absolute atomic E-state index is 0.196. The van der Waals surface area contributed by atoms with Gasteiger partial charge >= 0.3 is 5.91 Å². The van der Waals surface area contributed by atoms with E-state index in [1.807, 2.05) is 0 Å². The van der Waals surface area contributed by atoms with Gasteiger partial charge in [-0.2, -0.15) is 0 Å². The number of carbonyl (C=O) groups is 3. The third-order valence-corrected chi connectivity index (χ3v) is 2.85. The summed E-state index contributed by atoms with van der Waals surface area (Å²) in [6, 6.07) is 6.02. The van der Waals surface area contributed by atoms with Crippen molar-refractivity contribution in [3.8, 4) is 0 Å². The average molecular weight is 266 g/mol. The Bertz CT molecular complexity index is 589. The Hall–Kier alpha value is -2.14. The summed E-state index contributed by atoms with van der Waals surface area (Å²) < 4.78 is 0. The molecule has 1 aromatic rings. The van der Waals surface area contributed by atoms with Gasteiger partial charge in [0.25, 0.3) is 11.7 Å². The van der Waals surface area contributed by atoms with E-state index in [1.54, 1.807) is 0 Å². The Labute approximate surface area is 107 Å². The molecule has 0 fully saturated rings. The highest BCUT2D eigenvalue weighted by Crippen LogP contribution is 2.25. The third-order valence-electron chi connectivity index (χ3n) is 2.60. The van der Waals surface area contributed by atoms with Crippen LogP contribution in [0.4, 0.5) is 0 Å². The first-order valence-corrected chi connectivity index (χ1v) is 5.37. The average Bonchev–Trinajstić information content (AvgIpc) is 2.36. The zero-order valence-corrected chi connectivity index (χ0v) is 10.1. The summed E-state index contributed by atoms with van der Waals surface area (Å²) >= 11 is 5.71. The second-order valence-corrected chi connectivity index (χ2v) is 4.17. The number of imide groups is 1. The molecule has 2 amide bonds. The molecule has 2 rings (SSSR count). The number of halogens is 1. The highest BCUT2D eigenvalue weighted by atomic mass is 35.5. The predicted octanol–water partition coefficient (Wildman–Crippen LogP) is 1.18. The third kappa shape index (κ3) is 1.78. The molecule has 1 N–H and O–H groups in total. The first kappa shape index (κ1) is 12.3. The fourth-order valence-corrected chi connectivity index (χ4v) is 1.73. The van der Waals surface area contributed by atoms with E-state index in [0.29, 0.717) is 15.5 Å². The van der Waals surface area contributed by atoms with E-state index >= 15 is 0 Å².